The van der Waals surface area contributed by atoms with E-state index in [0.29, 0.717) is 29.4 Å². The fraction of sp³-hybridized carbons (Fsp3) is 0.417. The van der Waals surface area contributed by atoms with Gasteiger partial charge in [-0.2, -0.15) is 13.2 Å². The monoisotopic (exact) mass is 317 g/mol. The summed E-state index contributed by atoms with van der Waals surface area (Å²) in [4.78, 5) is 3.42. The second kappa shape index (κ2) is 6.44. The van der Waals surface area contributed by atoms with E-state index in [1.54, 1.807) is 0 Å². The van der Waals surface area contributed by atoms with Crippen molar-refractivity contribution >= 4 is 11.8 Å². The van der Waals surface area contributed by atoms with E-state index in [-0.39, 0.29) is 0 Å². The number of hydrogen-bond donors (Lipinski definition) is 1. The zero-order valence-electron chi connectivity index (χ0n) is 11.3. The first kappa shape index (κ1) is 15.8. The van der Waals surface area contributed by atoms with Gasteiger partial charge in [0.15, 0.2) is 5.16 Å². The highest BCUT2D eigenvalue weighted by Gasteiger charge is 2.31. The van der Waals surface area contributed by atoms with Crippen molar-refractivity contribution in [2.45, 2.75) is 23.5 Å². The Morgan fingerprint density at radius 3 is 2.62 bits per heavy atom. The molecule has 9 heteroatoms. The molecule has 0 aliphatic rings. The van der Waals surface area contributed by atoms with E-state index in [1.165, 1.54) is 24.0 Å². The van der Waals surface area contributed by atoms with E-state index in [0.717, 1.165) is 11.9 Å². The summed E-state index contributed by atoms with van der Waals surface area (Å²) in [6.07, 6.45) is -2.55. The van der Waals surface area contributed by atoms with Crippen molar-refractivity contribution in [3.63, 3.8) is 0 Å². The molecule has 2 N–H and O–H groups in total. The molecular formula is C12H14F3N5S. The number of halogens is 3. The minimum absolute atomic E-state index is 0.472. The van der Waals surface area contributed by atoms with Gasteiger partial charge in [0.05, 0.1) is 0 Å². The Morgan fingerprint density at radius 2 is 2.05 bits per heavy atom. The number of alkyl halides is 3. The third-order valence-corrected chi connectivity index (χ3v) is 3.87. The summed E-state index contributed by atoms with van der Waals surface area (Å²) in [6.45, 7) is 0.486. The topological polar surface area (TPSA) is 69.6 Å². The van der Waals surface area contributed by atoms with Crippen LogP contribution >= 0.6 is 11.8 Å². The molecule has 5 nitrogen and oxygen atoms in total. The van der Waals surface area contributed by atoms with E-state index in [1.807, 2.05) is 11.6 Å². The standard InChI is InChI=1S/C12H14F3N5S/c1-20-10(4-5-16)18-19-11(20)21-7-8-2-3-9(17-6-8)12(13,14)15/h2-3,6H,4-5,7,16H2,1H3. The number of aromatic nitrogens is 4. The number of thioether (sulfide) groups is 1. The van der Waals surface area contributed by atoms with Crippen molar-refractivity contribution in [3.05, 3.63) is 35.4 Å². The highest BCUT2D eigenvalue weighted by Crippen LogP contribution is 2.28. The van der Waals surface area contributed by atoms with Crippen LogP contribution in [0.25, 0.3) is 0 Å². The smallest absolute Gasteiger partial charge is 0.330 e. The van der Waals surface area contributed by atoms with Gasteiger partial charge in [0, 0.05) is 25.4 Å². The molecular weight excluding hydrogens is 303 g/mol. The predicted octanol–water partition coefficient (Wildman–Crippen LogP) is 2.02. The zero-order valence-corrected chi connectivity index (χ0v) is 12.1. The van der Waals surface area contributed by atoms with Crippen molar-refractivity contribution < 1.29 is 13.2 Å². The normalized spacial score (nSPS) is 11.9. The fourth-order valence-electron chi connectivity index (χ4n) is 1.64. The molecule has 0 aliphatic heterocycles. The minimum Gasteiger partial charge on any atom is -0.330 e. The van der Waals surface area contributed by atoms with Crippen LogP contribution in [0.15, 0.2) is 23.5 Å². The van der Waals surface area contributed by atoms with Gasteiger partial charge >= 0.3 is 6.18 Å². The Balaban J connectivity index is 2.00. The van der Waals surface area contributed by atoms with Crippen LogP contribution in [0.1, 0.15) is 17.1 Å². The lowest BCUT2D eigenvalue weighted by atomic mass is 10.3. The van der Waals surface area contributed by atoms with Crippen LogP contribution < -0.4 is 5.73 Å². The number of hydrogen-bond acceptors (Lipinski definition) is 5. The molecule has 0 amide bonds. The quantitative estimate of drug-likeness (QED) is 0.855. The SMILES string of the molecule is Cn1c(CCN)nnc1SCc1ccc(C(F)(F)F)nc1. The molecule has 0 aromatic carbocycles. The maximum absolute atomic E-state index is 12.4. The molecule has 0 unspecified atom stereocenters. The predicted molar refractivity (Wildman–Crippen MR) is 72.6 cm³/mol. The molecule has 2 heterocycles. The summed E-state index contributed by atoms with van der Waals surface area (Å²) in [7, 11) is 1.83. The van der Waals surface area contributed by atoms with Crippen molar-refractivity contribution in [3.8, 4) is 0 Å². The number of nitrogens with zero attached hydrogens (tertiary/aromatic N) is 4. The lowest BCUT2D eigenvalue weighted by Gasteiger charge is -2.06. The maximum Gasteiger partial charge on any atom is 0.433 e. The summed E-state index contributed by atoms with van der Waals surface area (Å²) < 4.78 is 39.0. The van der Waals surface area contributed by atoms with E-state index in [4.69, 9.17) is 5.73 Å². The number of nitrogens with two attached hydrogens (primary N) is 1. The highest BCUT2D eigenvalue weighted by molar-refractivity contribution is 7.98. The molecule has 0 saturated heterocycles. The van der Waals surface area contributed by atoms with Crippen molar-refractivity contribution in [2.24, 2.45) is 12.8 Å². The number of pyridine rings is 1. The molecule has 0 bridgehead atoms. The van der Waals surface area contributed by atoms with Gasteiger partial charge in [-0.3, -0.25) is 4.98 Å². The average molecular weight is 317 g/mol. The first-order valence-corrected chi connectivity index (χ1v) is 7.13. The molecule has 21 heavy (non-hydrogen) atoms. The molecule has 0 radical (unpaired) electrons. The first-order valence-electron chi connectivity index (χ1n) is 6.15. The largest absolute Gasteiger partial charge is 0.433 e. The van der Waals surface area contributed by atoms with Crippen LogP contribution in [0, 0.1) is 0 Å². The van der Waals surface area contributed by atoms with Gasteiger partial charge in [-0.1, -0.05) is 17.8 Å². The Morgan fingerprint density at radius 1 is 1.29 bits per heavy atom. The van der Waals surface area contributed by atoms with Crippen LogP contribution in [-0.2, 0) is 25.4 Å². The van der Waals surface area contributed by atoms with Gasteiger partial charge in [0.25, 0.3) is 0 Å². The summed E-state index contributed by atoms with van der Waals surface area (Å²) >= 11 is 1.39. The molecule has 2 aromatic heterocycles. The molecule has 0 fully saturated rings. The second-order valence-corrected chi connectivity index (χ2v) is 5.28. The zero-order chi connectivity index (χ0) is 15.5. The Hall–Kier alpha value is -1.61. The molecule has 0 atom stereocenters. The molecule has 0 spiro atoms. The Kier molecular flexibility index (Phi) is 4.84. The van der Waals surface area contributed by atoms with E-state index in [2.05, 4.69) is 15.2 Å². The van der Waals surface area contributed by atoms with Crippen molar-refractivity contribution in [1.82, 2.24) is 19.7 Å². The van der Waals surface area contributed by atoms with Crippen molar-refractivity contribution in [1.29, 1.82) is 0 Å². The van der Waals surface area contributed by atoms with Crippen LogP contribution in [0.2, 0.25) is 0 Å². The van der Waals surface area contributed by atoms with Gasteiger partial charge in [-0.25, -0.2) is 0 Å². The highest BCUT2D eigenvalue weighted by atomic mass is 32.2. The van der Waals surface area contributed by atoms with Gasteiger partial charge in [0.2, 0.25) is 0 Å². The maximum atomic E-state index is 12.4. The van der Waals surface area contributed by atoms with Gasteiger partial charge < -0.3 is 10.3 Å². The Bertz CT molecular complexity index is 594. The summed E-state index contributed by atoms with van der Waals surface area (Å²) in [6, 6.07) is 2.40. The number of rotatable bonds is 5. The van der Waals surface area contributed by atoms with Crippen LogP contribution in [0.5, 0.6) is 0 Å². The lowest BCUT2D eigenvalue weighted by Crippen LogP contribution is -2.08. The van der Waals surface area contributed by atoms with Gasteiger partial charge in [-0.05, 0) is 18.2 Å². The minimum atomic E-state index is -4.41. The van der Waals surface area contributed by atoms with Crippen molar-refractivity contribution in [2.75, 3.05) is 6.54 Å². The molecule has 2 aromatic rings. The lowest BCUT2D eigenvalue weighted by molar-refractivity contribution is -0.141. The van der Waals surface area contributed by atoms with Gasteiger partial charge in [-0.15, -0.1) is 10.2 Å². The van der Waals surface area contributed by atoms with E-state index in [9.17, 15) is 13.2 Å². The molecule has 114 valence electrons. The first-order chi connectivity index (χ1) is 9.91. The average Bonchev–Trinajstić information content (AvgIpc) is 2.78. The second-order valence-electron chi connectivity index (χ2n) is 4.33. The molecule has 0 saturated carbocycles. The van der Waals surface area contributed by atoms with Crippen LogP contribution in [0.4, 0.5) is 13.2 Å². The van der Waals surface area contributed by atoms with E-state index >= 15 is 0 Å². The summed E-state index contributed by atoms with van der Waals surface area (Å²) in [5.41, 5.74) is 5.27. The summed E-state index contributed by atoms with van der Waals surface area (Å²) in [5.74, 6) is 1.25. The summed E-state index contributed by atoms with van der Waals surface area (Å²) in [5, 5.41) is 8.73. The molecule has 0 aliphatic carbocycles. The third-order valence-electron chi connectivity index (χ3n) is 2.78. The third kappa shape index (κ3) is 3.94. The molecule has 2 rings (SSSR count). The van der Waals surface area contributed by atoms with Crippen LogP contribution in [-0.4, -0.2) is 26.3 Å². The van der Waals surface area contributed by atoms with E-state index < -0.39 is 11.9 Å². The Labute approximate surface area is 123 Å². The fourth-order valence-corrected chi connectivity index (χ4v) is 2.51. The van der Waals surface area contributed by atoms with Gasteiger partial charge in [0.1, 0.15) is 11.5 Å². The van der Waals surface area contributed by atoms with Crippen LogP contribution in [0.3, 0.4) is 0 Å².